The van der Waals surface area contributed by atoms with Gasteiger partial charge in [-0.05, 0) is 43.2 Å². The highest BCUT2D eigenvalue weighted by Gasteiger charge is 2.42. The summed E-state index contributed by atoms with van der Waals surface area (Å²) in [6, 6.07) is 10.7. The summed E-state index contributed by atoms with van der Waals surface area (Å²) in [6.45, 7) is 8.60. The van der Waals surface area contributed by atoms with E-state index in [4.69, 9.17) is 4.74 Å². The minimum atomic E-state index is -0.107. The Bertz CT molecular complexity index is 649. The van der Waals surface area contributed by atoms with Gasteiger partial charge in [0.15, 0.2) is 0 Å². The zero-order chi connectivity index (χ0) is 18.7. The molecule has 0 amide bonds. The second-order valence-electron chi connectivity index (χ2n) is 8.81. The Hall–Kier alpha value is -1.61. The van der Waals surface area contributed by atoms with Crippen LogP contribution in [0.3, 0.4) is 0 Å². The molecule has 0 N–H and O–H groups in total. The molecule has 1 fully saturated rings. The second-order valence-corrected chi connectivity index (χ2v) is 8.81. The molecule has 3 rings (SSSR count). The van der Waals surface area contributed by atoms with Crippen LogP contribution in [0.25, 0.3) is 0 Å². The smallest absolute Gasteiger partial charge is 0.335 e. The van der Waals surface area contributed by atoms with Crippen molar-refractivity contribution in [2.24, 2.45) is 11.8 Å². The molecule has 0 spiro atoms. The van der Waals surface area contributed by atoms with Crippen LogP contribution in [0.1, 0.15) is 52.0 Å². The van der Waals surface area contributed by atoms with E-state index in [0.29, 0.717) is 18.4 Å². The van der Waals surface area contributed by atoms with Gasteiger partial charge in [0.2, 0.25) is 0 Å². The number of hydrogen-bond donors (Lipinski definition) is 0. The average molecular weight is 356 g/mol. The molecule has 1 saturated carbocycles. The van der Waals surface area contributed by atoms with Crippen molar-refractivity contribution in [3.05, 3.63) is 47.5 Å². The van der Waals surface area contributed by atoms with E-state index < -0.39 is 0 Å². The summed E-state index contributed by atoms with van der Waals surface area (Å²) < 4.78 is 6.14. The van der Waals surface area contributed by atoms with E-state index in [9.17, 15) is 4.79 Å². The topological polar surface area (TPSA) is 29.5 Å². The van der Waals surface area contributed by atoms with Gasteiger partial charge < -0.3 is 9.64 Å². The number of rotatable bonds is 4. The minimum Gasteiger partial charge on any atom is -0.459 e. The van der Waals surface area contributed by atoms with E-state index in [1.807, 2.05) is 0 Å². The maximum atomic E-state index is 12.8. The number of ether oxygens (including phenoxy) is 1. The molecule has 0 unspecified atom stereocenters. The highest BCUT2D eigenvalue weighted by atomic mass is 16.5. The van der Waals surface area contributed by atoms with E-state index in [1.54, 1.807) is 0 Å². The van der Waals surface area contributed by atoms with Crippen molar-refractivity contribution in [2.75, 3.05) is 20.1 Å². The molecule has 3 heteroatoms. The monoisotopic (exact) mass is 355 g/mol. The predicted octanol–water partition coefficient (Wildman–Crippen LogP) is 4.57. The lowest BCUT2D eigenvalue weighted by Crippen LogP contribution is -2.44. The van der Waals surface area contributed by atoms with Gasteiger partial charge in [-0.15, -0.1) is 0 Å². The Morgan fingerprint density at radius 2 is 1.92 bits per heavy atom. The molecular weight excluding hydrogens is 322 g/mol. The summed E-state index contributed by atoms with van der Waals surface area (Å²) in [5, 5.41) is 0. The maximum absolute atomic E-state index is 12.8. The number of benzene rings is 1. The first kappa shape index (κ1) is 19.2. The molecule has 0 saturated heterocycles. The summed E-state index contributed by atoms with van der Waals surface area (Å²) in [7, 11) is 2.06. The summed E-state index contributed by atoms with van der Waals surface area (Å²) in [5.41, 5.74) is 2.15. The van der Waals surface area contributed by atoms with Crippen LogP contribution >= 0.6 is 0 Å². The summed E-state index contributed by atoms with van der Waals surface area (Å²) in [4.78, 5) is 15.0. The predicted molar refractivity (Wildman–Crippen MR) is 106 cm³/mol. The van der Waals surface area contributed by atoms with Crippen LogP contribution < -0.4 is 0 Å². The van der Waals surface area contributed by atoms with Gasteiger partial charge >= 0.3 is 5.97 Å². The van der Waals surface area contributed by atoms with Gasteiger partial charge in [-0.1, -0.05) is 63.6 Å². The van der Waals surface area contributed by atoms with Crippen molar-refractivity contribution in [1.29, 1.82) is 0 Å². The summed E-state index contributed by atoms with van der Waals surface area (Å²) in [5.74, 6) is 0.857. The molecule has 142 valence electrons. The van der Waals surface area contributed by atoms with Crippen LogP contribution in [-0.2, 0) is 14.9 Å². The van der Waals surface area contributed by atoms with Gasteiger partial charge in [-0.25, -0.2) is 4.79 Å². The molecule has 3 atom stereocenters. The SMILES string of the molecule is C[C@@H]1CC[C@@H](C(C)(C)c2ccccc2)[C@H](OC(=O)C2=CCCN(C)C2)C1. The lowest BCUT2D eigenvalue weighted by Gasteiger charge is -2.44. The fourth-order valence-electron chi connectivity index (χ4n) is 4.62. The first-order valence-corrected chi connectivity index (χ1v) is 10.0. The molecule has 1 aliphatic carbocycles. The summed E-state index contributed by atoms with van der Waals surface area (Å²) in [6.07, 6.45) is 6.28. The molecule has 1 aliphatic heterocycles. The zero-order valence-electron chi connectivity index (χ0n) is 16.7. The number of hydrogen-bond acceptors (Lipinski definition) is 3. The van der Waals surface area contributed by atoms with E-state index in [0.717, 1.165) is 31.4 Å². The lowest BCUT2D eigenvalue weighted by atomic mass is 9.64. The highest BCUT2D eigenvalue weighted by Crippen LogP contribution is 2.43. The fraction of sp³-hybridized carbons (Fsp3) is 0.609. The van der Waals surface area contributed by atoms with E-state index in [-0.39, 0.29) is 17.5 Å². The number of esters is 1. The quantitative estimate of drug-likeness (QED) is 0.741. The van der Waals surface area contributed by atoms with Gasteiger partial charge in [0.05, 0.1) is 0 Å². The summed E-state index contributed by atoms with van der Waals surface area (Å²) >= 11 is 0. The Labute approximate surface area is 158 Å². The largest absolute Gasteiger partial charge is 0.459 e. The fourth-order valence-corrected chi connectivity index (χ4v) is 4.62. The van der Waals surface area contributed by atoms with E-state index in [2.05, 4.69) is 69.1 Å². The molecule has 3 nitrogen and oxygen atoms in total. The third-order valence-electron chi connectivity index (χ3n) is 6.36. The molecule has 1 aromatic carbocycles. The molecule has 0 radical (unpaired) electrons. The van der Waals surface area contributed by atoms with Gasteiger partial charge in [0.1, 0.15) is 6.10 Å². The maximum Gasteiger partial charge on any atom is 0.335 e. The molecule has 26 heavy (non-hydrogen) atoms. The van der Waals surface area contributed by atoms with Crippen LogP contribution in [0.2, 0.25) is 0 Å². The standard InChI is InChI=1S/C23H33NO2/c1-17-12-13-20(23(2,3)19-10-6-5-7-11-19)21(15-17)26-22(25)18-9-8-14-24(4)16-18/h5-7,9-11,17,20-21H,8,12-16H2,1-4H3/t17-,20-,21-/m1/s1. The Kier molecular flexibility index (Phi) is 5.86. The molecule has 0 bridgehead atoms. The Morgan fingerprint density at radius 1 is 1.19 bits per heavy atom. The van der Waals surface area contributed by atoms with Crippen LogP contribution in [0.5, 0.6) is 0 Å². The Balaban J connectivity index is 1.78. The number of nitrogens with zero attached hydrogens (tertiary/aromatic N) is 1. The van der Waals surface area contributed by atoms with E-state index in [1.165, 1.54) is 12.0 Å². The van der Waals surface area contributed by atoms with Gasteiger partial charge in [-0.2, -0.15) is 0 Å². The normalized spacial score (nSPS) is 27.7. The van der Waals surface area contributed by atoms with Crippen LogP contribution in [-0.4, -0.2) is 37.1 Å². The zero-order valence-corrected chi connectivity index (χ0v) is 16.7. The number of carbonyl (C=O) groups excluding carboxylic acids is 1. The molecular formula is C23H33NO2. The number of carbonyl (C=O) groups is 1. The molecule has 2 aliphatic rings. The minimum absolute atomic E-state index is 0.00501. The van der Waals surface area contributed by atoms with Gasteiger partial charge in [0.25, 0.3) is 0 Å². The van der Waals surface area contributed by atoms with E-state index >= 15 is 0 Å². The average Bonchev–Trinajstić information content (AvgIpc) is 2.62. The third-order valence-corrected chi connectivity index (χ3v) is 6.36. The Morgan fingerprint density at radius 3 is 2.62 bits per heavy atom. The van der Waals surface area contributed by atoms with Crippen molar-refractivity contribution in [2.45, 2.75) is 58.0 Å². The first-order valence-electron chi connectivity index (χ1n) is 10.0. The third kappa shape index (κ3) is 4.20. The number of likely N-dealkylation sites (N-methyl/N-ethyl adjacent to an activating group) is 1. The van der Waals surface area contributed by atoms with Crippen LogP contribution in [0, 0.1) is 11.8 Å². The molecule has 1 heterocycles. The van der Waals surface area contributed by atoms with Gasteiger partial charge in [-0.3, -0.25) is 0 Å². The molecule has 1 aromatic rings. The van der Waals surface area contributed by atoms with Crippen molar-refractivity contribution in [3.63, 3.8) is 0 Å². The van der Waals surface area contributed by atoms with Gasteiger partial charge in [0, 0.05) is 24.6 Å². The van der Waals surface area contributed by atoms with Crippen molar-refractivity contribution >= 4 is 5.97 Å². The second kappa shape index (κ2) is 7.96. The van der Waals surface area contributed by atoms with Crippen molar-refractivity contribution in [1.82, 2.24) is 4.90 Å². The van der Waals surface area contributed by atoms with Crippen molar-refractivity contribution in [3.8, 4) is 0 Å². The first-order chi connectivity index (χ1) is 12.4. The highest BCUT2D eigenvalue weighted by molar-refractivity contribution is 5.89. The van der Waals surface area contributed by atoms with Crippen LogP contribution in [0.4, 0.5) is 0 Å². The molecule has 0 aromatic heterocycles. The van der Waals surface area contributed by atoms with Crippen molar-refractivity contribution < 1.29 is 9.53 Å². The lowest BCUT2D eigenvalue weighted by molar-refractivity contribution is -0.152. The van der Waals surface area contributed by atoms with Crippen LogP contribution in [0.15, 0.2) is 42.0 Å².